The van der Waals surface area contributed by atoms with Gasteiger partial charge in [0.05, 0.1) is 0 Å². The highest BCUT2D eigenvalue weighted by atomic mass is 15.2. The van der Waals surface area contributed by atoms with Gasteiger partial charge in [-0.1, -0.05) is 39.5 Å². The number of nitrogens with zero attached hydrogens (tertiary/aromatic N) is 1. The number of unbranched alkanes of at least 4 members (excludes halogenated alkanes) is 2. The molecule has 0 amide bonds. The molecule has 0 atom stereocenters. The fraction of sp³-hybridized carbons (Fsp3) is 0.929. The number of hydrogen-bond acceptors (Lipinski definition) is 1. The van der Waals surface area contributed by atoms with Crippen LogP contribution in [0, 0.1) is 5.41 Å². The molecule has 1 fully saturated rings. The Labute approximate surface area is 106 Å². The predicted molar refractivity (Wildman–Crippen MR) is 75.5 cm³/mol. The Kier molecular flexibility index (Phi) is 6.38. The highest BCUT2D eigenvalue weighted by Gasteiger charge is 2.28. The first-order valence-electron chi connectivity index (χ1n) is 7.15. The third-order valence-corrected chi connectivity index (χ3v) is 3.79. The van der Waals surface area contributed by atoms with E-state index in [0.717, 1.165) is 19.0 Å². The van der Waals surface area contributed by atoms with Crippen molar-refractivity contribution in [2.24, 2.45) is 10.4 Å². The molecule has 2 N–H and O–H groups in total. The lowest BCUT2D eigenvalue weighted by atomic mass is 9.89. The molecule has 1 rings (SSSR count). The van der Waals surface area contributed by atoms with E-state index in [1.165, 1.54) is 44.9 Å². The van der Waals surface area contributed by atoms with Crippen LogP contribution in [0.3, 0.4) is 0 Å². The van der Waals surface area contributed by atoms with Crippen LogP contribution < -0.4 is 10.6 Å². The molecule has 0 aliphatic heterocycles. The minimum atomic E-state index is 0.487. The van der Waals surface area contributed by atoms with Crippen LogP contribution in [0.1, 0.15) is 58.8 Å². The summed E-state index contributed by atoms with van der Waals surface area (Å²) < 4.78 is 0. The zero-order valence-electron chi connectivity index (χ0n) is 11.8. The molecule has 0 bridgehead atoms. The molecular weight excluding hydrogens is 210 g/mol. The van der Waals surface area contributed by atoms with E-state index in [0.29, 0.717) is 5.41 Å². The number of guanidine groups is 1. The Bertz CT molecular complexity index is 230. The molecule has 0 spiro atoms. The average Bonchev–Trinajstić information content (AvgIpc) is 2.76. The molecule has 1 aliphatic carbocycles. The van der Waals surface area contributed by atoms with Gasteiger partial charge in [0.1, 0.15) is 0 Å². The van der Waals surface area contributed by atoms with Crippen LogP contribution in [-0.4, -0.2) is 26.1 Å². The smallest absolute Gasteiger partial charge is 0.190 e. The summed E-state index contributed by atoms with van der Waals surface area (Å²) in [6.07, 6.45) is 9.28. The van der Waals surface area contributed by atoms with Crippen LogP contribution in [-0.2, 0) is 0 Å². The topological polar surface area (TPSA) is 36.4 Å². The second kappa shape index (κ2) is 7.57. The van der Waals surface area contributed by atoms with Gasteiger partial charge in [-0.3, -0.25) is 4.99 Å². The van der Waals surface area contributed by atoms with Crippen molar-refractivity contribution in [3.63, 3.8) is 0 Å². The Morgan fingerprint density at radius 1 is 1.18 bits per heavy atom. The van der Waals surface area contributed by atoms with Gasteiger partial charge in [-0.2, -0.15) is 0 Å². The standard InChI is InChI=1S/C14H29N3/c1-4-5-8-11-16-13(15-3)17-12-14(2)9-6-7-10-14/h4-12H2,1-3H3,(H2,15,16,17). The van der Waals surface area contributed by atoms with Gasteiger partial charge in [-0.05, 0) is 24.7 Å². The molecule has 0 unspecified atom stereocenters. The van der Waals surface area contributed by atoms with Crippen LogP contribution in [0.25, 0.3) is 0 Å². The summed E-state index contributed by atoms with van der Waals surface area (Å²) in [7, 11) is 1.85. The fourth-order valence-corrected chi connectivity index (χ4v) is 2.50. The maximum Gasteiger partial charge on any atom is 0.190 e. The number of rotatable bonds is 6. The van der Waals surface area contributed by atoms with E-state index in [2.05, 4.69) is 29.5 Å². The third-order valence-electron chi connectivity index (χ3n) is 3.79. The van der Waals surface area contributed by atoms with Gasteiger partial charge in [0.2, 0.25) is 0 Å². The molecule has 0 aromatic rings. The summed E-state index contributed by atoms with van der Waals surface area (Å²) in [6, 6.07) is 0. The number of aliphatic imine (C=N–C) groups is 1. The van der Waals surface area contributed by atoms with Gasteiger partial charge in [-0.15, -0.1) is 0 Å². The molecule has 0 aromatic carbocycles. The Hall–Kier alpha value is -0.730. The van der Waals surface area contributed by atoms with Crippen LogP contribution in [0.2, 0.25) is 0 Å². The summed E-state index contributed by atoms with van der Waals surface area (Å²) in [4.78, 5) is 4.27. The van der Waals surface area contributed by atoms with Crippen LogP contribution >= 0.6 is 0 Å². The Balaban J connectivity index is 2.18. The van der Waals surface area contributed by atoms with Gasteiger partial charge in [-0.25, -0.2) is 0 Å². The van der Waals surface area contributed by atoms with E-state index in [-0.39, 0.29) is 0 Å². The van der Waals surface area contributed by atoms with Crippen molar-refractivity contribution < 1.29 is 0 Å². The summed E-state index contributed by atoms with van der Waals surface area (Å²) in [5, 5.41) is 6.85. The Morgan fingerprint density at radius 2 is 1.88 bits per heavy atom. The van der Waals surface area contributed by atoms with Crippen LogP contribution in [0.4, 0.5) is 0 Å². The van der Waals surface area contributed by atoms with E-state index in [4.69, 9.17) is 0 Å². The highest BCUT2D eigenvalue weighted by molar-refractivity contribution is 5.79. The zero-order valence-corrected chi connectivity index (χ0v) is 11.8. The summed E-state index contributed by atoms with van der Waals surface area (Å²) in [5.74, 6) is 0.967. The van der Waals surface area contributed by atoms with Crippen molar-refractivity contribution >= 4 is 5.96 Å². The van der Waals surface area contributed by atoms with Crippen molar-refractivity contribution in [2.45, 2.75) is 58.8 Å². The molecule has 3 nitrogen and oxygen atoms in total. The first-order valence-corrected chi connectivity index (χ1v) is 7.15. The molecule has 0 heterocycles. The lowest BCUT2D eigenvalue weighted by Gasteiger charge is -2.25. The number of nitrogens with one attached hydrogen (secondary N) is 2. The summed E-state index contributed by atoms with van der Waals surface area (Å²) in [6.45, 7) is 6.70. The summed E-state index contributed by atoms with van der Waals surface area (Å²) in [5.41, 5.74) is 0.487. The van der Waals surface area contributed by atoms with Gasteiger partial charge in [0, 0.05) is 20.1 Å². The van der Waals surface area contributed by atoms with Crippen molar-refractivity contribution in [1.29, 1.82) is 0 Å². The van der Waals surface area contributed by atoms with Crippen LogP contribution in [0.5, 0.6) is 0 Å². The second-order valence-electron chi connectivity index (χ2n) is 5.58. The van der Waals surface area contributed by atoms with E-state index in [1.807, 2.05) is 7.05 Å². The van der Waals surface area contributed by atoms with E-state index in [9.17, 15) is 0 Å². The van der Waals surface area contributed by atoms with Crippen molar-refractivity contribution in [2.75, 3.05) is 20.1 Å². The van der Waals surface area contributed by atoms with Crippen molar-refractivity contribution in [3.8, 4) is 0 Å². The van der Waals surface area contributed by atoms with Gasteiger partial charge < -0.3 is 10.6 Å². The first kappa shape index (κ1) is 14.3. The maximum absolute atomic E-state index is 4.27. The molecule has 0 saturated heterocycles. The molecule has 3 heteroatoms. The highest BCUT2D eigenvalue weighted by Crippen LogP contribution is 2.36. The molecule has 1 aliphatic rings. The van der Waals surface area contributed by atoms with Gasteiger partial charge in [0.25, 0.3) is 0 Å². The quantitative estimate of drug-likeness (QED) is 0.425. The lowest BCUT2D eigenvalue weighted by molar-refractivity contribution is 0.334. The molecule has 17 heavy (non-hydrogen) atoms. The van der Waals surface area contributed by atoms with Crippen LogP contribution in [0.15, 0.2) is 4.99 Å². The van der Waals surface area contributed by atoms with E-state index < -0.39 is 0 Å². The molecule has 0 aromatic heterocycles. The zero-order chi connectivity index (χ0) is 12.6. The maximum atomic E-state index is 4.27. The normalized spacial score (nSPS) is 19.4. The van der Waals surface area contributed by atoms with Crippen molar-refractivity contribution in [3.05, 3.63) is 0 Å². The average molecular weight is 239 g/mol. The van der Waals surface area contributed by atoms with Crippen molar-refractivity contribution in [1.82, 2.24) is 10.6 Å². The van der Waals surface area contributed by atoms with E-state index >= 15 is 0 Å². The van der Waals surface area contributed by atoms with Gasteiger partial charge in [0.15, 0.2) is 5.96 Å². The summed E-state index contributed by atoms with van der Waals surface area (Å²) >= 11 is 0. The molecule has 1 saturated carbocycles. The SMILES string of the molecule is CCCCCNC(=NC)NCC1(C)CCCC1. The first-order chi connectivity index (χ1) is 8.20. The minimum Gasteiger partial charge on any atom is -0.356 e. The largest absolute Gasteiger partial charge is 0.356 e. The fourth-order valence-electron chi connectivity index (χ4n) is 2.50. The minimum absolute atomic E-state index is 0.487. The molecule has 100 valence electrons. The molecule has 0 radical (unpaired) electrons. The molecular formula is C14H29N3. The monoisotopic (exact) mass is 239 g/mol. The number of hydrogen-bond donors (Lipinski definition) is 2. The predicted octanol–water partition coefficient (Wildman–Crippen LogP) is 2.92. The Morgan fingerprint density at radius 3 is 2.47 bits per heavy atom. The third kappa shape index (κ3) is 5.42. The van der Waals surface area contributed by atoms with E-state index in [1.54, 1.807) is 0 Å². The second-order valence-corrected chi connectivity index (χ2v) is 5.58. The lowest BCUT2D eigenvalue weighted by Crippen LogP contribution is -2.42. The van der Waals surface area contributed by atoms with Gasteiger partial charge >= 0.3 is 0 Å².